The molecule has 0 aromatic heterocycles. The number of piperazine rings is 1. The Morgan fingerprint density at radius 1 is 0.893 bits per heavy atom. The fourth-order valence-electron chi connectivity index (χ4n) is 3.37. The van der Waals surface area contributed by atoms with E-state index < -0.39 is 10.0 Å². The molecule has 0 unspecified atom stereocenters. The predicted molar refractivity (Wildman–Crippen MR) is 110 cm³/mol. The first kappa shape index (κ1) is 20.5. The summed E-state index contributed by atoms with van der Waals surface area (Å²) in [5, 5.41) is 0. The van der Waals surface area contributed by atoms with Gasteiger partial charge in [-0.25, -0.2) is 8.42 Å². The summed E-state index contributed by atoms with van der Waals surface area (Å²) in [7, 11) is -1.44. The number of rotatable bonds is 7. The fourth-order valence-corrected chi connectivity index (χ4v) is 4.89. The van der Waals surface area contributed by atoms with Gasteiger partial charge < -0.3 is 4.90 Å². The van der Waals surface area contributed by atoms with Crippen molar-refractivity contribution < 1.29 is 13.2 Å². The van der Waals surface area contributed by atoms with Crippen molar-refractivity contribution in [2.75, 3.05) is 39.8 Å². The Balaban J connectivity index is 1.48. The number of carbonyl (C=O) groups excluding carboxylic acids is 1. The standard InChI is InChI=1S/C21H27N3O3S/c1-22(16-19-8-4-2-5-9-19)17-21(25)23-12-14-24(15-13-23)28(26,27)18-20-10-6-3-7-11-20/h2-11H,12-18H2,1H3. The first-order valence-electron chi connectivity index (χ1n) is 9.46. The Morgan fingerprint density at radius 2 is 1.43 bits per heavy atom. The largest absolute Gasteiger partial charge is 0.339 e. The Labute approximate surface area is 167 Å². The summed E-state index contributed by atoms with van der Waals surface area (Å²) >= 11 is 0. The summed E-state index contributed by atoms with van der Waals surface area (Å²) in [6.45, 7) is 2.61. The number of carbonyl (C=O) groups is 1. The molecule has 28 heavy (non-hydrogen) atoms. The summed E-state index contributed by atoms with van der Waals surface area (Å²) < 4.78 is 26.8. The molecule has 3 rings (SSSR count). The van der Waals surface area contributed by atoms with E-state index in [9.17, 15) is 13.2 Å². The average molecular weight is 402 g/mol. The SMILES string of the molecule is CN(CC(=O)N1CCN(S(=O)(=O)Cc2ccccc2)CC1)Cc1ccccc1. The molecule has 1 aliphatic heterocycles. The topological polar surface area (TPSA) is 60.9 Å². The summed E-state index contributed by atoms with van der Waals surface area (Å²) in [6, 6.07) is 19.2. The van der Waals surface area contributed by atoms with Crippen molar-refractivity contribution in [1.82, 2.24) is 14.1 Å². The molecule has 1 fully saturated rings. The third-order valence-electron chi connectivity index (χ3n) is 4.88. The third-order valence-corrected chi connectivity index (χ3v) is 6.73. The lowest BCUT2D eigenvalue weighted by molar-refractivity contribution is -0.133. The molecule has 2 aromatic rings. The number of benzene rings is 2. The van der Waals surface area contributed by atoms with Crippen molar-refractivity contribution in [1.29, 1.82) is 0 Å². The number of sulfonamides is 1. The van der Waals surface area contributed by atoms with E-state index in [1.54, 1.807) is 4.90 Å². The summed E-state index contributed by atoms with van der Waals surface area (Å²) in [6.07, 6.45) is 0. The highest BCUT2D eigenvalue weighted by atomic mass is 32.2. The molecule has 2 aromatic carbocycles. The smallest absolute Gasteiger partial charge is 0.236 e. The van der Waals surface area contributed by atoms with Crippen molar-refractivity contribution >= 4 is 15.9 Å². The van der Waals surface area contributed by atoms with Crippen molar-refractivity contribution in [3.63, 3.8) is 0 Å². The van der Waals surface area contributed by atoms with Crippen LogP contribution in [0.15, 0.2) is 60.7 Å². The van der Waals surface area contributed by atoms with Crippen molar-refractivity contribution in [2.45, 2.75) is 12.3 Å². The summed E-state index contributed by atoms with van der Waals surface area (Å²) in [4.78, 5) is 16.3. The van der Waals surface area contributed by atoms with E-state index in [4.69, 9.17) is 0 Å². The van der Waals surface area contributed by atoms with E-state index >= 15 is 0 Å². The van der Waals surface area contributed by atoms with E-state index in [1.165, 1.54) is 4.31 Å². The summed E-state index contributed by atoms with van der Waals surface area (Å²) in [5.41, 5.74) is 1.94. The molecule has 1 aliphatic rings. The van der Waals surface area contributed by atoms with Gasteiger partial charge >= 0.3 is 0 Å². The molecule has 7 heteroatoms. The maximum atomic E-state index is 12.6. The average Bonchev–Trinajstić information content (AvgIpc) is 2.69. The van der Waals surface area contributed by atoms with E-state index in [0.29, 0.717) is 39.3 Å². The highest BCUT2D eigenvalue weighted by Crippen LogP contribution is 2.14. The van der Waals surface area contributed by atoms with E-state index in [1.807, 2.05) is 72.6 Å². The van der Waals surface area contributed by atoms with Gasteiger partial charge in [0.05, 0.1) is 12.3 Å². The lowest BCUT2D eigenvalue weighted by atomic mass is 10.2. The molecular formula is C21H27N3O3S. The van der Waals surface area contributed by atoms with Gasteiger partial charge in [0.2, 0.25) is 15.9 Å². The van der Waals surface area contributed by atoms with Gasteiger partial charge in [-0.1, -0.05) is 60.7 Å². The molecule has 0 N–H and O–H groups in total. The van der Waals surface area contributed by atoms with Crippen LogP contribution in [0.25, 0.3) is 0 Å². The normalized spacial score (nSPS) is 15.7. The Kier molecular flexibility index (Phi) is 6.83. The van der Waals surface area contributed by atoms with Gasteiger partial charge in [0.1, 0.15) is 0 Å². The molecule has 1 heterocycles. The van der Waals surface area contributed by atoms with Crippen LogP contribution < -0.4 is 0 Å². The molecule has 0 saturated carbocycles. The van der Waals surface area contributed by atoms with E-state index in [2.05, 4.69) is 0 Å². The zero-order valence-electron chi connectivity index (χ0n) is 16.2. The van der Waals surface area contributed by atoms with Crippen LogP contribution in [0.4, 0.5) is 0 Å². The Hall–Kier alpha value is -2.22. The molecule has 0 bridgehead atoms. The van der Waals surface area contributed by atoms with Gasteiger partial charge in [-0.3, -0.25) is 9.69 Å². The molecule has 0 radical (unpaired) electrons. The van der Waals surface area contributed by atoms with Gasteiger partial charge in [0, 0.05) is 32.7 Å². The number of likely N-dealkylation sites (N-methyl/N-ethyl adjacent to an activating group) is 1. The molecule has 1 saturated heterocycles. The van der Waals surface area contributed by atoms with Crippen LogP contribution in [0.1, 0.15) is 11.1 Å². The van der Waals surface area contributed by atoms with Crippen molar-refractivity contribution in [3.05, 3.63) is 71.8 Å². The maximum absolute atomic E-state index is 12.6. The monoisotopic (exact) mass is 401 g/mol. The molecule has 6 nitrogen and oxygen atoms in total. The van der Waals surface area contributed by atoms with Crippen LogP contribution in [0, 0.1) is 0 Å². The second kappa shape index (κ2) is 9.32. The van der Waals surface area contributed by atoms with Gasteiger partial charge in [-0.05, 0) is 18.2 Å². The van der Waals surface area contributed by atoms with E-state index in [-0.39, 0.29) is 11.7 Å². The van der Waals surface area contributed by atoms with Gasteiger partial charge in [-0.15, -0.1) is 0 Å². The first-order chi connectivity index (χ1) is 13.4. The van der Waals surface area contributed by atoms with Gasteiger partial charge in [0.15, 0.2) is 0 Å². The minimum atomic E-state index is -3.36. The van der Waals surface area contributed by atoms with Crippen LogP contribution in [0.5, 0.6) is 0 Å². The van der Waals surface area contributed by atoms with Gasteiger partial charge in [0.25, 0.3) is 0 Å². The van der Waals surface area contributed by atoms with Crippen LogP contribution >= 0.6 is 0 Å². The Morgan fingerprint density at radius 3 is 2.00 bits per heavy atom. The fraction of sp³-hybridized carbons (Fsp3) is 0.381. The zero-order valence-corrected chi connectivity index (χ0v) is 17.0. The molecule has 1 amide bonds. The first-order valence-corrected chi connectivity index (χ1v) is 11.1. The van der Waals surface area contributed by atoms with E-state index in [0.717, 1.165) is 11.1 Å². The number of hydrogen-bond donors (Lipinski definition) is 0. The van der Waals surface area contributed by atoms with Crippen LogP contribution in [-0.2, 0) is 27.1 Å². The highest BCUT2D eigenvalue weighted by molar-refractivity contribution is 7.88. The molecule has 150 valence electrons. The quantitative estimate of drug-likeness (QED) is 0.710. The molecular weight excluding hydrogens is 374 g/mol. The highest BCUT2D eigenvalue weighted by Gasteiger charge is 2.29. The minimum Gasteiger partial charge on any atom is -0.339 e. The van der Waals surface area contributed by atoms with Crippen molar-refractivity contribution in [3.8, 4) is 0 Å². The summed E-state index contributed by atoms with van der Waals surface area (Å²) in [5.74, 6) is 0.0419. The second-order valence-electron chi connectivity index (χ2n) is 7.18. The Bertz CT molecular complexity index is 864. The second-order valence-corrected chi connectivity index (χ2v) is 9.15. The van der Waals surface area contributed by atoms with Crippen LogP contribution in [0.3, 0.4) is 0 Å². The van der Waals surface area contributed by atoms with Gasteiger partial charge in [-0.2, -0.15) is 4.31 Å². The third kappa shape index (κ3) is 5.64. The van der Waals surface area contributed by atoms with Crippen molar-refractivity contribution in [2.24, 2.45) is 0 Å². The number of amides is 1. The van der Waals surface area contributed by atoms with Crippen LogP contribution in [0.2, 0.25) is 0 Å². The molecule has 0 spiro atoms. The molecule has 0 atom stereocenters. The van der Waals surface area contributed by atoms with Crippen LogP contribution in [-0.4, -0.2) is 68.2 Å². The lowest BCUT2D eigenvalue weighted by Gasteiger charge is -2.34. The minimum absolute atomic E-state index is 0.00159. The zero-order chi connectivity index (χ0) is 20.0. The maximum Gasteiger partial charge on any atom is 0.236 e. The number of hydrogen-bond acceptors (Lipinski definition) is 4. The number of nitrogens with zero attached hydrogens (tertiary/aromatic N) is 3. The predicted octanol–water partition coefficient (Wildman–Crippen LogP) is 1.79. The molecule has 0 aliphatic carbocycles. The lowest BCUT2D eigenvalue weighted by Crippen LogP contribution is -2.52.